The number of nitrogens with zero attached hydrogens (tertiary/aromatic N) is 1. The summed E-state index contributed by atoms with van der Waals surface area (Å²) in [5.74, 6) is 0.656. The van der Waals surface area contributed by atoms with Crippen LogP contribution in [-0.2, 0) is 10.1 Å². The van der Waals surface area contributed by atoms with Crippen LogP contribution in [0.25, 0.3) is 22.4 Å². The van der Waals surface area contributed by atoms with Crippen LogP contribution in [0.5, 0.6) is 0 Å². The van der Waals surface area contributed by atoms with Crippen LogP contribution in [0.4, 0.5) is 0 Å². The smallest absolute Gasteiger partial charge is 0.294 e. The van der Waals surface area contributed by atoms with E-state index in [1.54, 1.807) is 6.07 Å². The monoisotopic (exact) mass is 313 g/mol. The van der Waals surface area contributed by atoms with E-state index in [1.165, 1.54) is 12.1 Å². The zero-order valence-corrected chi connectivity index (χ0v) is 14.7. The fourth-order valence-electron chi connectivity index (χ4n) is 1.88. The Balaban J connectivity index is 0.00000147. The number of imidazole rings is 1. The van der Waals surface area contributed by atoms with E-state index in [1.807, 2.05) is 30.3 Å². The molecule has 0 aliphatic carbocycles. The van der Waals surface area contributed by atoms with Crippen LogP contribution in [0.15, 0.2) is 53.4 Å². The number of nitrogens with one attached hydrogen (secondary N) is 1. The van der Waals surface area contributed by atoms with Gasteiger partial charge in [-0.3, -0.25) is 4.55 Å². The Morgan fingerprint density at radius 2 is 1.75 bits per heavy atom. The fraction of sp³-hybridized carbons (Fsp3) is 0. The van der Waals surface area contributed by atoms with E-state index in [0.29, 0.717) is 16.9 Å². The van der Waals surface area contributed by atoms with Gasteiger partial charge >= 0.3 is 0 Å². The first-order valence-electron chi connectivity index (χ1n) is 5.57. The molecule has 5 nitrogen and oxygen atoms in total. The van der Waals surface area contributed by atoms with E-state index in [0.717, 1.165) is 5.56 Å². The van der Waals surface area contributed by atoms with Crippen LogP contribution in [0.3, 0.4) is 0 Å². The van der Waals surface area contributed by atoms with Crippen LogP contribution in [-0.4, -0.2) is 74.3 Å². The molecule has 2 aromatic carbocycles. The molecule has 0 bridgehead atoms. The third kappa shape index (κ3) is 3.20. The summed E-state index contributed by atoms with van der Waals surface area (Å²) in [6.45, 7) is 0. The molecule has 0 unspecified atom stereocenters. The third-order valence-corrected chi connectivity index (χ3v) is 3.65. The second-order valence-corrected chi connectivity index (χ2v) is 5.53. The molecule has 0 amide bonds. The Morgan fingerprint density at radius 3 is 2.40 bits per heavy atom. The van der Waals surface area contributed by atoms with Gasteiger partial charge in [0.1, 0.15) is 5.82 Å². The van der Waals surface area contributed by atoms with Gasteiger partial charge in [0, 0.05) is 56.9 Å². The van der Waals surface area contributed by atoms with Crippen molar-refractivity contribution in [2.75, 3.05) is 0 Å². The molecule has 0 spiro atoms. The Hall–Kier alpha value is -0.544. The summed E-state index contributed by atoms with van der Waals surface area (Å²) < 4.78 is 31.2. The number of rotatable bonds is 2. The van der Waals surface area contributed by atoms with Gasteiger partial charge < -0.3 is 4.98 Å². The minimum Gasteiger partial charge on any atom is -0.338 e. The Morgan fingerprint density at radius 1 is 1.05 bits per heavy atom. The van der Waals surface area contributed by atoms with Crippen molar-refractivity contribution in [1.29, 1.82) is 0 Å². The molecule has 0 aliphatic rings. The van der Waals surface area contributed by atoms with Gasteiger partial charge in [-0.15, -0.1) is 0 Å². The Labute approximate surface area is 158 Å². The summed E-state index contributed by atoms with van der Waals surface area (Å²) in [4.78, 5) is 7.26. The van der Waals surface area contributed by atoms with Gasteiger partial charge in [-0.05, 0) is 18.2 Å². The quantitative estimate of drug-likeness (QED) is 0.560. The predicted octanol–water partition coefficient (Wildman–Crippen LogP) is 2.10. The molecule has 0 fully saturated rings. The maximum Gasteiger partial charge on any atom is 0.294 e. The molecule has 3 rings (SSSR count). The summed E-state index contributed by atoms with van der Waals surface area (Å²) >= 11 is 0. The van der Waals surface area contributed by atoms with Gasteiger partial charge in [-0.1, -0.05) is 30.3 Å². The van der Waals surface area contributed by atoms with Gasteiger partial charge in [-0.25, -0.2) is 4.98 Å². The SMILES string of the molecule is O=S(=O)(O)c1ccc2nc(-c3ccccc3)[nH]c2c1.[K]. The second-order valence-electron chi connectivity index (χ2n) is 4.11. The molecule has 97 valence electrons. The van der Waals surface area contributed by atoms with Gasteiger partial charge in [-0.2, -0.15) is 8.42 Å². The normalized spacial score (nSPS) is 11.2. The number of aromatic amines is 1. The van der Waals surface area contributed by atoms with E-state index in [2.05, 4.69) is 9.97 Å². The standard InChI is InChI=1S/C13H10N2O3S.K/c16-19(17,18)10-6-7-11-12(8-10)15-13(14-11)9-4-2-1-3-5-9;/h1-8H,(H,14,15)(H,16,17,18);. The van der Waals surface area contributed by atoms with E-state index in [-0.39, 0.29) is 56.3 Å². The zero-order valence-electron chi connectivity index (χ0n) is 10.7. The summed E-state index contributed by atoms with van der Waals surface area (Å²) in [6, 6.07) is 13.8. The van der Waals surface area contributed by atoms with Gasteiger partial charge in [0.2, 0.25) is 0 Å². The number of benzene rings is 2. The van der Waals surface area contributed by atoms with E-state index < -0.39 is 10.1 Å². The number of H-pyrrole nitrogens is 1. The molecule has 1 radical (unpaired) electrons. The van der Waals surface area contributed by atoms with Crippen molar-refractivity contribution in [3.8, 4) is 11.4 Å². The van der Waals surface area contributed by atoms with Crippen LogP contribution in [0.1, 0.15) is 0 Å². The summed E-state index contributed by atoms with van der Waals surface area (Å²) in [7, 11) is -4.20. The molecular weight excluding hydrogens is 303 g/mol. The summed E-state index contributed by atoms with van der Waals surface area (Å²) in [5, 5.41) is 0. The number of fused-ring (bicyclic) bond motifs is 1. The number of hydrogen-bond donors (Lipinski definition) is 2. The summed E-state index contributed by atoms with van der Waals surface area (Å²) in [5.41, 5.74) is 2.12. The van der Waals surface area contributed by atoms with E-state index in [4.69, 9.17) is 4.55 Å². The fourth-order valence-corrected chi connectivity index (χ4v) is 2.39. The minimum absolute atomic E-state index is 0. The van der Waals surface area contributed by atoms with Crippen molar-refractivity contribution in [3.63, 3.8) is 0 Å². The molecular formula is C13H10KN2O3S. The Kier molecular flexibility index (Phi) is 4.80. The van der Waals surface area contributed by atoms with Crippen LogP contribution < -0.4 is 0 Å². The topological polar surface area (TPSA) is 83.1 Å². The van der Waals surface area contributed by atoms with Crippen molar-refractivity contribution in [1.82, 2.24) is 9.97 Å². The zero-order chi connectivity index (χ0) is 13.5. The average Bonchev–Trinajstić information content (AvgIpc) is 2.81. The van der Waals surface area contributed by atoms with Crippen LogP contribution in [0, 0.1) is 0 Å². The first-order chi connectivity index (χ1) is 9.04. The van der Waals surface area contributed by atoms with E-state index in [9.17, 15) is 8.42 Å². The van der Waals surface area contributed by atoms with Gasteiger partial charge in [0.15, 0.2) is 0 Å². The molecule has 0 saturated heterocycles. The number of hydrogen-bond acceptors (Lipinski definition) is 3. The largest absolute Gasteiger partial charge is 0.338 e. The molecule has 0 aliphatic heterocycles. The van der Waals surface area contributed by atoms with Crippen molar-refractivity contribution in [2.45, 2.75) is 4.90 Å². The third-order valence-electron chi connectivity index (χ3n) is 2.80. The summed E-state index contributed by atoms with van der Waals surface area (Å²) in [6.07, 6.45) is 0. The van der Waals surface area contributed by atoms with Gasteiger partial charge in [0.25, 0.3) is 10.1 Å². The van der Waals surface area contributed by atoms with Crippen LogP contribution in [0.2, 0.25) is 0 Å². The average molecular weight is 313 g/mol. The molecule has 3 aromatic rings. The van der Waals surface area contributed by atoms with Crippen molar-refractivity contribution >= 4 is 72.5 Å². The predicted molar refractivity (Wildman–Crippen MR) is 77.1 cm³/mol. The molecule has 1 heterocycles. The second kappa shape index (κ2) is 6.06. The molecule has 7 heteroatoms. The van der Waals surface area contributed by atoms with Gasteiger partial charge in [0.05, 0.1) is 15.9 Å². The van der Waals surface area contributed by atoms with Crippen molar-refractivity contribution in [2.24, 2.45) is 0 Å². The molecule has 0 atom stereocenters. The Bertz CT molecular complexity index is 844. The first kappa shape index (κ1) is 15.8. The maximum absolute atomic E-state index is 11.1. The van der Waals surface area contributed by atoms with Crippen molar-refractivity contribution < 1.29 is 13.0 Å². The van der Waals surface area contributed by atoms with E-state index >= 15 is 0 Å². The molecule has 20 heavy (non-hydrogen) atoms. The van der Waals surface area contributed by atoms with Crippen LogP contribution >= 0.6 is 0 Å². The molecule has 2 N–H and O–H groups in total. The molecule has 1 aromatic heterocycles. The number of aromatic nitrogens is 2. The minimum atomic E-state index is -4.20. The maximum atomic E-state index is 11.1. The van der Waals surface area contributed by atoms with Crippen molar-refractivity contribution in [3.05, 3.63) is 48.5 Å². The molecule has 0 saturated carbocycles. The first-order valence-corrected chi connectivity index (χ1v) is 7.01.